The Hall–Kier alpha value is -1.34. The zero-order chi connectivity index (χ0) is 7.56. The lowest BCUT2D eigenvalue weighted by molar-refractivity contribution is 0.333. The van der Waals surface area contributed by atoms with E-state index >= 15 is 0 Å². The summed E-state index contributed by atoms with van der Waals surface area (Å²) in [6.07, 6.45) is 0. The van der Waals surface area contributed by atoms with E-state index < -0.39 is 12.1 Å². The predicted octanol–water partition coefficient (Wildman–Crippen LogP) is 0.942. The number of nitrogens with zero attached hydrogens (tertiary/aromatic N) is 1. The number of furan rings is 1. The summed E-state index contributed by atoms with van der Waals surface area (Å²) in [7, 11) is 0. The van der Waals surface area contributed by atoms with Crippen molar-refractivity contribution in [2.24, 2.45) is 5.73 Å². The summed E-state index contributed by atoms with van der Waals surface area (Å²) in [5.74, 6) is 0.153. The van der Waals surface area contributed by atoms with Crippen molar-refractivity contribution in [2.75, 3.05) is 0 Å². The van der Waals surface area contributed by atoms with E-state index in [4.69, 9.17) is 11.0 Å². The minimum absolute atomic E-state index is 0.153. The summed E-state index contributed by atoms with van der Waals surface area (Å²) in [6, 6.07) is 2.57. The number of nitrogens with two attached hydrogens (primary N) is 1. The molecule has 2 N–H and O–H groups in total. The Morgan fingerprint density at radius 1 is 1.70 bits per heavy atom. The van der Waals surface area contributed by atoms with Crippen LogP contribution in [0.15, 0.2) is 16.5 Å². The fourth-order valence-corrected chi connectivity index (χ4v) is 0.559. The van der Waals surface area contributed by atoms with Crippen molar-refractivity contribution in [1.29, 1.82) is 5.26 Å². The molecule has 0 saturated heterocycles. The standard InChI is InChI=1S/C6H5FN2O/c7-6-2-1-5(10-6)4(9)3-8/h1-2,4H,9H2. The van der Waals surface area contributed by atoms with Gasteiger partial charge in [0.1, 0.15) is 5.76 Å². The molecule has 10 heavy (non-hydrogen) atoms. The van der Waals surface area contributed by atoms with Crippen LogP contribution in [-0.4, -0.2) is 0 Å². The highest BCUT2D eigenvalue weighted by Crippen LogP contribution is 2.11. The monoisotopic (exact) mass is 140 g/mol. The zero-order valence-corrected chi connectivity index (χ0v) is 5.04. The SMILES string of the molecule is N#CC(N)c1ccc(F)o1. The van der Waals surface area contributed by atoms with Gasteiger partial charge in [-0.2, -0.15) is 9.65 Å². The molecule has 1 aromatic heterocycles. The van der Waals surface area contributed by atoms with Crippen LogP contribution < -0.4 is 5.73 Å². The van der Waals surface area contributed by atoms with E-state index in [1.165, 1.54) is 6.07 Å². The van der Waals surface area contributed by atoms with Gasteiger partial charge in [0.25, 0.3) is 6.01 Å². The topological polar surface area (TPSA) is 63.0 Å². The maximum absolute atomic E-state index is 12.1. The maximum atomic E-state index is 12.1. The van der Waals surface area contributed by atoms with Gasteiger partial charge in [-0.15, -0.1) is 0 Å². The van der Waals surface area contributed by atoms with Crippen molar-refractivity contribution in [1.82, 2.24) is 0 Å². The summed E-state index contributed by atoms with van der Waals surface area (Å²) in [6.45, 7) is 0. The van der Waals surface area contributed by atoms with Gasteiger partial charge in [0, 0.05) is 6.07 Å². The van der Waals surface area contributed by atoms with E-state index in [1.807, 2.05) is 0 Å². The van der Waals surface area contributed by atoms with Gasteiger partial charge in [-0.3, -0.25) is 0 Å². The van der Waals surface area contributed by atoms with Crippen LogP contribution in [0.5, 0.6) is 0 Å². The summed E-state index contributed by atoms with van der Waals surface area (Å²) < 4.78 is 16.5. The van der Waals surface area contributed by atoms with E-state index in [9.17, 15) is 4.39 Å². The molecule has 3 nitrogen and oxygen atoms in total. The molecule has 0 aliphatic rings. The Bertz CT molecular complexity index is 263. The van der Waals surface area contributed by atoms with Gasteiger partial charge in [-0.05, 0) is 6.07 Å². The van der Waals surface area contributed by atoms with Gasteiger partial charge in [-0.25, -0.2) is 0 Å². The molecule has 0 aromatic carbocycles. The zero-order valence-electron chi connectivity index (χ0n) is 5.04. The molecular formula is C6H5FN2O. The molecule has 0 aliphatic carbocycles. The van der Waals surface area contributed by atoms with Gasteiger partial charge in [0.15, 0.2) is 6.04 Å². The normalized spacial score (nSPS) is 12.5. The van der Waals surface area contributed by atoms with Crippen LogP contribution in [0.2, 0.25) is 0 Å². The fraction of sp³-hybridized carbons (Fsp3) is 0.167. The third-order valence-corrected chi connectivity index (χ3v) is 1.04. The largest absolute Gasteiger partial charge is 0.433 e. The average Bonchev–Trinajstić information content (AvgIpc) is 2.34. The maximum Gasteiger partial charge on any atom is 0.278 e. The van der Waals surface area contributed by atoms with Crippen LogP contribution in [-0.2, 0) is 0 Å². The van der Waals surface area contributed by atoms with Crippen molar-refractivity contribution in [3.63, 3.8) is 0 Å². The third kappa shape index (κ3) is 1.14. The quantitative estimate of drug-likeness (QED) is 0.631. The highest BCUT2D eigenvalue weighted by Gasteiger charge is 2.08. The van der Waals surface area contributed by atoms with E-state index in [-0.39, 0.29) is 5.76 Å². The number of halogens is 1. The molecule has 0 radical (unpaired) electrons. The summed E-state index contributed by atoms with van der Waals surface area (Å²) in [5.41, 5.74) is 5.19. The molecule has 0 spiro atoms. The van der Waals surface area contributed by atoms with Crippen LogP contribution in [0.3, 0.4) is 0 Å². The molecule has 0 amide bonds. The molecule has 0 aliphatic heterocycles. The molecule has 0 bridgehead atoms. The van der Waals surface area contributed by atoms with Gasteiger partial charge in [0.2, 0.25) is 0 Å². The molecular weight excluding hydrogens is 135 g/mol. The molecule has 1 heterocycles. The minimum atomic E-state index is -0.871. The lowest BCUT2D eigenvalue weighted by Gasteiger charge is -1.92. The second kappa shape index (κ2) is 2.50. The Morgan fingerprint density at radius 2 is 2.40 bits per heavy atom. The van der Waals surface area contributed by atoms with Gasteiger partial charge in [0.05, 0.1) is 6.07 Å². The Morgan fingerprint density at radius 3 is 2.80 bits per heavy atom. The molecule has 1 atom stereocenters. The van der Waals surface area contributed by atoms with Crippen LogP contribution in [0.4, 0.5) is 4.39 Å². The number of nitriles is 1. The molecule has 0 saturated carbocycles. The van der Waals surface area contributed by atoms with E-state index in [1.54, 1.807) is 6.07 Å². The highest BCUT2D eigenvalue weighted by atomic mass is 19.1. The van der Waals surface area contributed by atoms with Crippen LogP contribution in [0.25, 0.3) is 0 Å². The van der Waals surface area contributed by atoms with Gasteiger partial charge in [-0.1, -0.05) is 0 Å². The third-order valence-electron chi connectivity index (χ3n) is 1.04. The molecule has 1 rings (SSSR count). The first kappa shape index (κ1) is 6.78. The van der Waals surface area contributed by atoms with Crippen molar-refractivity contribution in [3.8, 4) is 6.07 Å². The molecule has 1 unspecified atom stereocenters. The Labute approximate surface area is 56.9 Å². The molecule has 4 heteroatoms. The lowest BCUT2D eigenvalue weighted by atomic mass is 10.3. The van der Waals surface area contributed by atoms with Crippen LogP contribution in [0.1, 0.15) is 11.8 Å². The first-order valence-electron chi connectivity index (χ1n) is 2.64. The molecule has 0 fully saturated rings. The number of hydrogen-bond acceptors (Lipinski definition) is 3. The first-order chi connectivity index (χ1) is 4.74. The predicted molar refractivity (Wildman–Crippen MR) is 31.2 cm³/mol. The van der Waals surface area contributed by atoms with E-state index in [0.29, 0.717) is 0 Å². The summed E-state index contributed by atoms with van der Waals surface area (Å²) in [4.78, 5) is 0. The van der Waals surface area contributed by atoms with Crippen LogP contribution in [0, 0.1) is 17.3 Å². The minimum Gasteiger partial charge on any atom is -0.433 e. The van der Waals surface area contributed by atoms with E-state index in [2.05, 4.69) is 4.42 Å². The van der Waals surface area contributed by atoms with Crippen molar-refractivity contribution >= 4 is 0 Å². The smallest absolute Gasteiger partial charge is 0.278 e. The second-order valence-electron chi connectivity index (χ2n) is 1.75. The van der Waals surface area contributed by atoms with Crippen molar-refractivity contribution < 1.29 is 8.81 Å². The highest BCUT2D eigenvalue weighted by molar-refractivity contribution is 5.11. The molecule has 52 valence electrons. The van der Waals surface area contributed by atoms with Crippen LogP contribution >= 0.6 is 0 Å². The Kier molecular flexibility index (Phi) is 1.69. The average molecular weight is 140 g/mol. The number of rotatable bonds is 1. The number of hydrogen-bond donors (Lipinski definition) is 1. The lowest BCUT2D eigenvalue weighted by Crippen LogP contribution is -2.05. The fourth-order valence-electron chi connectivity index (χ4n) is 0.559. The molecule has 1 aromatic rings. The van der Waals surface area contributed by atoms with Gasteiger partial charge >= 0.3 is 0 Å². The second-order valence-corrected chi connectivity index (χ2v) is 1.75. The first-order valence-corrected chi connectivity index (χ1v) is 2.64. The Balaban J connectivity index is 2.87. The van der Waals surface area contributed by atoms with Crippen molar-refractivity contribution in [3.05, 3.63) is 23.9 Å². The van der Waals surface area contributed by atoms with Gasteiger partial charge < -0.3 is 10.2 Å². The summed E-state index contributed by atoms with van der Waals surface area (Å²) >= 11 is 0. The van der Waals surface area contributed by atoms with E-state index in [0.717, 1.165) is 6.07 Å². The van der Waals surface area contributed by atoms with Crippen molar-refractivity contribution in [2.45, 2.75) is 6.04 Å². The summed E-state index contributed by atoms with van der Waals surface area (Å²) in [5, 5.41) is 8.24.